The van der Waals surface area contributed by atoms with Crippen molar-refractivity contribution in [3.05, 3.63) is 118 Å². The molecule has 4 aromatic rings. The fourth-order valence-electron chi connectivity index (χ4n) is 5.24. The second-order valence-electron chi connectivity index (χ2n) is 8.72. The van der Waals surface area contributed by atoms with Crippen molar-refractivity contribution in [1.29, 1.82) is 0 Å². The smallest absolute Gasteiger partial charge is 0.321 e. The summed E-state index contributed by atoms with van der Waals surface area (Å²) in [5.74, 6) is 0.176. The van der Waals surface area contributed by atoms with Crippen molar-refractivity contribution < 1.29 is 19.4 Å². The Bertz CT molecular complexity index is 1370. The second-order valence-corrected chi connectivity index (χ2v) is 9.51. The number of rotatable bonds is 8. The van der Waals surface area contributed by atoms with E-state index in [-0.39, 0.29) is 6.42 Å². The summed E-state index contributed by atoms with van der Waals surface area (Å²) in [6.45, 7) is 0. The van der Waals surface area contributed by atoms with Crippen LogP contribution in [0.1, 0.15) is 22.3 Å². The first-order chi connectivity index (χ1) is 17.5. The summed E-state index contributed by atoms with van der Waals surface area (Å²) >= 11 is 3.61. The minimum absolute atomic E-state index is 0.231. The molecule has 182 valence electrons. The number of aliphatic carboxylic acids is 1. The molecule has 1 aliphatic carbocycles. The van der Waals surface area contributed by atoms with Gasteiger partial charge in [0.25, 0.3) is 0 Å². The van der Waals surface area contributed by atoms with Gasteiger partial charge in [-0.15, -0.1) is 0 Å². The maximum absolute atomic E-state index is 12.7. The van der Waals surface area contributed by atoms with Crippen LogP contribution in [0.25, 0.3) is 11.1 Å². The number of benzene rings is 4. The van der Waals surface area contributed by atoms with Gasteiger partial charge in [-0.3, -0.25) is 10.1 Å². The van der Waals surface area contributed by atoms with E-state index in [1.807, 2.05) is 48.5 Å². The Morgan fingerprint density at radius 3 is 2.00 bits per heavy atom. The van der Waals surface area contributed by atoms with Gasteiger partial charge in [0.05, 0.1) is 24.2 Å². The Morgan fingerprint density at radius 1 is 0.861 bits per heavy atom. The van der Waals surface area contributed by atoms with Crippen LogP contribution in [0.4, 0.5) is 0 Å². The van der Waals surface area contributed by atoms with Gasteiger partial charge in [-0.05, 0) is 61.8 Å². The van der Waals surface area contributed by atoms with E-state index in [2.05, 4.69) is 57.6 Å². The first kappa shape index (κ1) is 24.1. The lowest BCUT2D eigenvalue weighted by Crippen LogP contribution is -2.52. The minimum Gasteiger partial charge on any atom is -0.493 e. The number of halogens is 1. The van der Waals surface area contributed by atoms with Crippen molar-refractivity contribution in [3.8, 4) is 22.6 Å². The van der Waals surface area contributed by atoms with Gasteiger partial charge in [0.2, 0.25) is 0 Å². The molecular formula is C30H26BrNO4. The number of carbonyl (C=O) groups is 1. The van der Waals surface area contributed by atoms with Crippen LogP contribution in [0.15, 0.2) is 95.5 Å². The molecule has 6 heteroatoms. The molecular weight excluding hydrogens is 518 g/mol. The van der Waals surface area contributed by atoms with Crippen LogP contribution in [-0.4, -0.2) is 31.3 Å². The molecule has 1 atom stereocenters. The van der Waals surface area contributed by atoms with E-state index in [1.165, 1.54) is 0 Å². The lowest BCUT2D eigenvalue weighted by Gasteiger charge is -2.37. The lowest BCUT2D eigenvalue weighted by atomic mass is 9.79. The molecule has 5 nitrogen and oxygen atoms in total. The summed E-state index contributed by atoms with van der Waals surface area (Å²) in [5, 5.41) is 14.0. The normalized spacial score (nSPS) is 14.0. The number of carboxylic acids is 1. The topological polar surface area (TPSA) is 67.8 Å². The fourth-order valence-corrected chi connectivity index (χ4v) is 5.89. The largest absolute Gasteiger partial charge is 0.493 e. The maximum Gasteiger partial charge on any atom is 0.321 e. The molecule has 2 N–H and O–H groups in total. The van der Waals surface area contributed by atoms with E-state index in [1.54, 1.807) is 20.3 Å². The molecule has 4 aromatic carbocycles. The Labute approximate surface area is 218 Å². The van der Waals surface area contributed by atoms with E-state index in [0.717, 1.165) is 33.4 Å². The third kappa shape index (κ3) is 3.87. The van der Waals surface area contributed by atoms with Gasteiger partial charge in [-0.2, -0.15) is 0 Å². The molecule has 0 aromatic heterocycles. The highest BCUT2D eigenvalue weighted by molar-refractivity contribution is 9.10. The summed E-state index contributed by atoms with van der Waals surface area (Å²) in [7, 11) is 3.14. The van der Waals surface area contributed by atoms with Crippen LogP contribution in [0.5, 0.6) is 11.5 Å². The third-order valence-corrected chi connectivity index (χ3v) is 7.71. The highest BCUT2D eigenvalue weighted by atomic mass is 79.9. The summed E-state index contributed by atoms with van der Waals surface area (Å²) < 4.78 is 11.6. The van der Waals surface area contributed by atoms with E-state index >= 15 is 0 Å². The first-order valence-electron chi connectivity index (χ1n) is 11.7. The zero-order valence-electron chi connectivity index (χ0n) is 20.0. The van der Waals surface area contributed by atoms with Crippen LogP contribution < -0.4 is 14.8 Å². The van der Waals surface area contributed by atoms with Crippen molar-refractivity contribution in [2.45, 2.75) is 18.0 Å². The minimum atomic E-state index is -0.936. The van der Waals surface area contributed by atoms with Gasteiger partial charge in [-0.25, -0.2) is 0 Å². The predicted molar refractivity (Wildman–Crippen MR) is 144 cm³/mol. The summed E-state index contributed by atoms with van der Waals surface area (Å²) in [4.78, 5) is 12.7. The van der Waals surface area contributed by atoms with Gasteiger partial charge in [-0.1, -0.05) is 84.9 Å². The van der Waals surface area contributed by atoms with Crippen molar-refractivity contribution in [2.75, 3.05) is 14.2 Å². The maximum atomic E-state index is 12.7. The highest BCUT2D eigenvalue weighted by Gasteiger charge is 2.46. The molecule has 0 heterocycles. The molecule has 0 saturated carbocycles. The number of fused-ring (bicyclic) bond motifs is 3. The fraction of sp³-hybridized carbons (Fsp3) is 0.167. The number of methoxy groups -OCH3 is 2. The Balaban J connectivity index is 1.67. The molecule has 1 unspecified atom stereocenters. The summed E-state index contributed by atoms with van der Waals surface area (Å²) in [5.41, 5.74) is 5.22. The van der Waals surface area contributed by atoms with E-state index < -0.39 is 17.6 Å². The monoisotopic (exact) mass is 543 g/mol. The Morgan fingerprint density at radius 2 is 1.44 bits per heavy atom. The first-order valence-corrected chi connectivity index (χ1v) is 12.4. The van der Waals surface area contributed by atoms with Gasteiger partial charge in [0.15, 0.2) is 11.5 Å². The van der Waals surface area contributed by atoms with Crippen LogP contribution in [0, 0.1) is 0 Å². The second kappa shape index (κ2) is 9.80. The molecule has 0 radical (unpaired) electrons. The molecule has 0 fully saturated rings. The van der Waals surface area contributed by atoms with Crippen LogP contribution in [-0.2, 0) is 16.8 Å². The molecule has 0 aliphatic heterocycles. The average Bonchev–Trinajstić information content (AvgIpc) is 3.20. The van der Waals surface area contributed by atoms with Crippen LogP contribution in [0.2, 0.25) is 0 Å². The van der Waals surface area contributed by atoms with Crippen molar-refractivity contribution in [2.24, 2.45) is 0 Å². The van der Waals surface area contributed by atoms with Crippen molar-refractivity contribution in [1.82, 2.24) is 5.32 Å². The molecule has 36 heavy (non-hydrogen) atoms. The Hall–Kier alpha value is -3.61. The van der Waals surface area contributed by atoms with Gasteiger partial charge < -0.3 is 14.6 Å². The van der Waals surface area contributed by atoms with Gasteiger partial charge in [0.1, 0.15) is 6.04 Å². The number of hydrogen-bond donors (Lipinski definition) is 2. The van der Waals surface area contributed by atoms with E-state index in [9.17, 15) is 9.90 Å². The zero-order valence-corrected chi connectivity index (χ0v) is 21.6. The average molecular weight is 544 g/mol. The SMILES string of the molecule is COc1ccc(CC(NC2(c3ccccc3)c3ccccc3-c3ccccc32)C(=O)O)c(Br)c1OC. The molecule has 1 aliphatic rings. The standard InChI is InChI=1S/C30H26BrNO4/c1-35-26-17-16-19(27(31)28(26)36-2)18-25(29(33)34)32-30(20-10-4-3-5-11-20)23-14-8-6-12-21(23)22-13-7-9-15-24(22)30/h3-17,25,32H,18H2,1-2H3,(H,33,34). The lowest BCUT2D eigenvalue weighted by molar-refractivity contribution is -0.139. The van der Waals surface area contributed by atoms with Crippen LogP contribution in [0.3, 0.4) is 0 Å². The summed E-state index contributed by atoms with van der Waals surface area (Å²) in [6, 6.07) is 29.2. The Kier molecular flexibility index (Phi) is 6.56. The molecule has 5 rings (SSSR count). The van der Waals surface area contributed by atoms with Crippen molar-refractivity contribution >= 4 is 21.9 Å². The predicted octanol–water partition coefficient (Wildman–Crippen LogP) is 6.02. The van der Waals surface area contributed by atoms with Crippen molar-refractivity contribution in [3.63, 3.8) is 0 Å². The van der Waals surface area contributed by atoms with Gasteiger partial charge >= 0.3 is 5.97 Å². The number of carboxylic acid groups (broad SMARTS) is 1. The van der Waals surface area contributed by atoms with Gasteiger partial charge in [0, 0.05) is 0 Å². The molecule has 0 amide bonds. The highest BCUT2D eigenvalue weighted by Crippen LogP contribution is 2.51. The van der Waals surface area contributed by atoms with E-state index in [0.29, 0.717) is 16.0 Å². The van der Waals surface area contributed by atoms with E-state index in [4.69, 9.17) is 9.47 Å². The number of nitrogens with one attached hydrogen (secondary N) is 1. The third-order valence-electron chi connectivity index (χ3n) is 6.84. The quantitative estimate of drug-likeness (QED) is 0.284. The number of hydrogen-bond acceptors (Lipinski definition) is 4. The summed E-state index contributed by atoms with van der Waals surface area (Å²) in [6.07, 6.45) is 0.231. The molecule has 0 saturated heterocycles. The zero-order chi connectivity index (χ0) is 25.3. The number of ether oxygens (including phenoxy) is 2. The van der Waals surface area contributed by atoms with Crippen LogP contribution >= 0.6 is 15.9 Å². The molecule has 0 spiro atoms. The molecule has 0 bridgehead atoms.